The highest BCUT2D eigenvalue weighted by Gasteiger charge is 2.39. The summed E-state index contributed by atoms with van der Waals surface area (Å²) in [5, 5.41) is 6.29. The minimum atomic E-state index is -0.720. The number of amides is 4. The van der Waals surface area contributed by atoms with Gasteiger partial charge in [-0.15, -0.1) is 0 Å². The molecule has 9 nitrogen and oxygen atoms in total. The third-order valence-electron chi connectivity index (χ3n) is 6.05. The molecule has 0 spiro atoms. The van der Waals surface area contributed by atoms with Crippen LogP contribution in [-0.4, -0.2) is 84.6 Å². The summed E-state index contributed by atoms with van der Waals surface area (Å²) in [5.74, 6) is -0.489. The Morgan fingerprint density at radius 2 is 1.97 bits per heavy atom. The first kappa shape index (κ1) is 25.8. The van der Waals surface area contributed by atoms with Gasteiger partial charge in [0.25, 0.3) is 0 Å². The number of nitrogens with zero attached hydrogens (tertiary/aromatic N) is 3. The van der Waals surface area contributed by atoms with E-state index in [9.17, 15) is 14.4 Å². The molecule has 2 atom stereocenters. The van der Waals surface area contributed by atoms with Crippen molar-refractivity contribution in [2.75, 3.05) is 39.8 Å². The number of halogens is 1. The Hall–Kier alpha value is -2.78. The van der Waals surface area contributed by atoms with Crippen LogP contribution in [0.4, 0.5) is 9.59 Å². The second-order valence-corrected chi connectivity index (χ2v) is 9.33. The van der Waals surface area contributed by atoms with Gasteiger partial charge in [-0.1, -0.05) is 29.8 Å². The zero-order valence-electron chi connectivity index (χ0n) is 20.4. The fraction of sp³-hybridized carbons (Fsp3) is 0.542. The number of ether oxygens (including phenoxy) is 1. The largest absolute Gasteiger partial charge is 0.463 e. The summed E-state index contributed by atoms with van der Waals surface area (Å²) < 4.78 is 5.39. The molecular formula is C24H34ClN5O4. The van der Waals surface area contributed by atoms with Crippen LogP contribution in [0.2, 0.25) is 5.02 Å². The fourth-order valence-electron chi connectivity index (χ4n) is 4.36. The smallest absolute Gasteiger partial charge is 0.338 e. The van der Waals surface area contributed by atoms with Gasteiger partial charge >= 0.3 is 18.0 Å². The number of hydrogen-bond donors (Lipinski definition) is 2. The van der Waals surface area contributed by atoms with Gasteiger partial charge in [-0.2, -0.15) is 0 Å². The predicted molar refractivity (Wildman–Crippen MR) is 130 cm³/mol. The standard InChI is InChI=1S/C24H34ClN5O4/c1-6-34-22(31)20-19(14-29-11-12-30(16(4)13-29)24(33)26-15(2)3)28(5)23(32)27-21(20)17-9-7-8-10-18(17)25/h7-10,15-16,21H,6,11-14H2,1-5H3,(H,26,33)(H,27,32)/t16-,21-/m0/s1. The zero-order valence-corrected chi connectivity index (χ0v) is 21.2. The molecule has 0 saturated carbocycles. The van der Waals surface area contributed by atoms with Gasteiger partial charge in [-0.3, -0.25) is 9.80 Å². The van der Waals surface area contributed by atoms with Crippen LogP contribution in [0, 0.1) is 0 Å². The first-order valence-electron chi connectivity index (χ1n) is 11.6. The minimum absolute atomic E-state index is 0.0266. The Balaban J connectivity index is 1.91. The maximum absolute atomic E-state index is 13.1. The molecule has 0 unspecified atom stereocenters. The number of esters is 1. The SMILES string of the molecule is CCOC(=O)C1=C(CN2CCN(C(=O)NC(C)C)[C@@H](C)C2)N(C)C(=O)N[C@H]1c1ccccc1Cl. The molecule has 1 saturated heterocycles. The first-order valence-corrected chi connectivity index (χ1v) is 12.0. The zero-order chi connectivity index (χ0) is 25.0. The molecule has 1 fully saturated rings. The number of piperazine rings is 1. The third kappa shape index (κ3) is 5.64. The van der Waals surface area contributed by atoms with Crippen LogP contribution in [0.5, 0.6) is 0 Å². The minimum Gasteiger partial charge on any atom is -0.463 e. The Kier molecular flexibility index (Phi) is 8.43. The van der Waals surface area contributed by atoms with E-state index >= 15 is 0 Å². The Bertz CT molecular complexity index is 966. The summed E-state index contributed by atoms with van der Waals surface area (Å²) in [4.78, 5) is 43.9. The van der Waals surface area contributed by atoms with Crippen molar-refractivity contribution in [3.8, 4) is 0 Å². The van der Waals surface area contributed by atoms with Crippen molar-refractivity contribution in [3.05, 3.63) is 46.1 Å². The molecule has 2 aliphatic heterocycles. The summed E-state index contributed by atoms with van der Waals surface area (Å²) in [7, 11) is 1.64. The van der Waals surface area contributed by atoms with Crippen LogP contribution in [0.25, 0.3) is 0 Å². The second kappa shape index (κ2) is 11.1. The lowest BCUT2D eigenvalue weighted by Crippen LogP contribution is -2.58. The summed E-state index contributed by atoms with van der Waals surface area (Å²) >= 11 is 6.44. The molecule has 2 aliphatic rings. The third-order valence-corrected chi connectivity index (χ3v) is 6.39. The summed E-state index contributed by atoms with van der Waals surface area (Å²) in [6.45, 7) is 9.95. The van der Waals surface area contributed by atoms with Crippen molar-refractivity contribution in [1.29, 1.82) is 0 Å². The summed E-state index contributed by atoms with van der Waals surface area (Å²) in [6.07, 6.45) is 0. The lowest BCUT2D eigenvalue weighted by atomic mass is 9.94. The molecule has 0 aliphatic carbocycles. The van der Waals surface area contributed by atoms with Gasteiger partial charge in [0, 0.05) is 56.0 Å². The molecule has 186 valence electrons. The quantitative estimate of drug-likeness (QED) is 0.597. The van der Waals surface area contributed by atoms with E-state index in [0.717, 1.165) is 0 Å². The first-order chi connectivity index (χ1) is 16.1. The normalized spacial score (nSPS) is 21.6. The van der Waals surface area contributed by atoms with E-state index < -0.39 is 12.0 Å². The summed E-state index contributed by atoms with van der Waals surface area (Å²) in [6, 6.07) is 6.05. The number of nitrogens with one attached hydrogen (secondary N) is 2. The molecule has 10 heteroatoms. The lowest BCUT2D eigenvalue weighted by Gasteiger charge is -2.42. The van der Waals surface area contributed by atoms with Crippen molar-refractivity contribution >= 4 is 29.6 Å². The van der Waals surface area contributed by atoms with Gasteiger partial charge in [0.2, 0.25) is 0 Å². The van der Waals surface area contributed by atoms with E-state index in [4.69, 9.17) is 16.3 Å². The molecular weight excluding hydrogens is 458 g/mol. The average Bonchev–Trinajstić information content (AvgIpc) is 2.76. The second-order valence-electron chi connectivity index (χ2n) is 8.93. The van der Waals surface area contributed by atoms with Crippen LogP contribution in [0.1, 0.15) is 39.3 Å². The van der Waals surface area contributed by atoms with Gasteiger partial charge in [-0.25, -0.2) is 14.4 Å². The molecule has 0 aromatic heterocycles. The van der Waals surface area contributed by atoms with Gasteiger partial charge in [-0.05, 0) is 39.3 Å². The van der Waals surface area contributed by atoms with Gasteiger partial charge in [0.05, 0.1) is 18.2 Å². The molecule has 1 aromatic rings. The molecule has 4 amide bonds. The van der Waals surface area contributed by atoms with Crippen LogP contribution in [0.3, 0.4) is 0 Å². The van der Waals surface area contributed by atoms with E-state index in [1.54, 1.807) is 32.2 Å². The molecule has 0 radical (unpaired) electrons. The maximum Gasteiger partial charge on any atom is 0.338 e. The van der Waals surface area contributed by atoms with E-state index in [1.807, 2.05) is 31.7 Å². The molecule has 2 N–H and O–H groups in total. The summed E-state index contributed by atoms with van der Waals surface area (Å²) in [5.41, 5.74) is 1.57. The topological polar surface area (TPSA) is 94.2 Å². The molecule has 3 rings (SSSR count). The van der Waals surface area contributed by atoms with Crippen molar-refractivity contribution < 1.29 is 19.1 Å². The van der Waals surface area contributed by atoms with Crippen LogP contribution >= 0.6 is 11.6 Å². The Morgan fingerprint density at radius 3 is 2.59 bits per heavy atom. The number of carbonyl (C=O) groups excluding carboxylic acids is 3. The van der Waals surface area contributed by atoms with E-state index in [2.05, 4.69) is 15.5 Å². The number of hydrogen-bond acceptors (Lipinski definition) is 5. The predicted octanol–water partition coefficient (Wildman–Crippen LogP) is 2.98. The highest BCUT2D eigenvalue weighted by molar-refractivity contribution is 6.31. The fourth-order valence-corrected chi connectivity index (χ4v) is 4.61. The van der Waals surface area contributed by atoms with E-state index in [0.29, 0.717) is 48.0 Å². The molecule has 2 heterocycles. The van der Waals surface area contributed by atoms with Crippen LogP contribution in [0.15, 0.2) is 35.5 Å². The van der Waals surface area contributed by atoms with Gasteiger partial charge < -0.3 is 20.3 Å². The molecule has 34 heavy (non-hydrogen) atoms. The van der Waals surface area contributed by atoms with Crippen molar-refractivity contribution in [1.82, 2.24) is 25.3 Å². The lowest BCUT2D eigenvalue weighted by molar-refractivity contribution is -0.139. The van der Waals surface area contributed by atoms with Gasteiger partial charge in [0.1, 0.15) is 0 Å². The number of carbonyl (C=O) groups is 3. The van der Waals surface area contributed by atoms with Crippen molar-refractivity contribution in [2.45, 2.75) is 45.8 Å². The number of rotatable bonds is 6. The van der Waals surface area contributed by atoms with Gasteiger partial charge in [0.15, 0.2) is 0 Å². The van der Waals surface area contributed by atoms with Crippen molar-refractivity contribution in [2.24, 2.45) is 0 Å². The molecule has 0 bridgehead atoms. The van der Waals surface area contributed by atoms with Crippen molar-refractivity contribution in [3.63, 3.8) is 0 Å². The van der Waals surface area contributed by atoms with Crippen LogP contribution in [-0.2, 0) is 9.53 Å². The van der Waals surface area contributed by atoms with E-state index in [-0.39, 0.29) is 30.8 Å². The number of benzene rings is 1. The maximum atomic E-state index is 13.1. The van der Waals surface area contributed by atoms with E-state index in [1.165, 1.54) is 4.90 Å². The monoisotopic (exact) mass is 491 g/mol. The number of urea groups is 2. The molecule has 1 aromatic carbocycles. The number of likely N-dealkylation sites (N-methyl/N-ethyl adjacent to an activating group) is 1. The highest BCUT2D eigenvalue weighted by Crippen LogP contribution is 2.34. The van der Waals surface area contributed by atoms with Crippen LogP contribution < -0.4 is 10.6 Å². The highest BCUT2D eigenvalue weighted by atomic mass is 35.5. The Morgan fingerprint density at radius 1 is 1.26 bits per heavy atom. The Labute approximate surface area is 206 Å². The average molecular weight is 492 g/mol.